The molecule has 1 aliphatic carbocycles. The number of aromatic nitrogens is 5. The van der Waals surface area contributed by atoms with Gasteiger partial charge in [-0.15, -0.1) is 5.10 Å². The molecule has 0 spiro atoms. The van der Waals surface area contributed by atoms with Crippen molar-refractivity contribution >= 4 is 10.9 Å². The highest BCUT2D eigenvalue weighted by atomic mass is 16.5. The Balaban J connectivity index is 1.38. The van der Waals surface area contributed by atoms with Crippen LogP contribution in [0, 0.1) is 0 Å². The lowest BCUT2D eigenvalue weighted by molar-refractivity contribution is 0.205. The molecule has 1 aliphatic heterocycles. The van der Waals surface area contributed by atoms with Gasteiger partial charge in [0.2, 0.25) is 5.88 Å². The van der Waals surface area contributed by atoms with Gasteiger partial charge in [0.1, 0.15) is 12.4 Å². The van der Waals surface area contributed by atoms with E-state index >= 15 is 0 Å². The van der Waals surface area contributed by atoms with Crippen molar-refractivity contribution in [3.8, 4) is 11.6 Å². The summed E-state index contributed by atoms with van der Waals surface area (Å²) in [6.07, 6.45) is 6.18. The van der Waals surface area contributed by atoms with Crippen LogP contribution in [0.3, 0.4) is 0 Å². The third-order valence-electron chi connectivity index (χ3n) is 5.95. The number of ether oxygens (including phenoxy) is 2. The summed E-state index contributed by atoms with van der Waals surface area (Å²) < 4.78 is 13.4. The number of pyridine rings is 1. The lowest BCUT2D eigenvalue weighted by Gasteiger charge is -2.24. The molecule has 0 saturated heterocycles. The Morgan fingerprint density at radius 1 is 1.17 bits per heavy atom. The van der Waals surface area contributed by atoms with Crippen molar-refractivity contribution in [2.24, 2.45) is 0 Å². The molecule has 8 heteroatoms. The standard InChI is InChI=1S/C21H26N6O2/c1-28-18-7-8-19-15(12-18)11-16-13-26(9-10-29-21(16)22-19)14-20-23-24-25-27(20)17-5-3-2-4-6-17/h7-8,11-12,17H,2-6,9-10,13-14H2,1H3. The van der Waals surface area contributed by atoms with Gasteiger partial charge in [0.05, 0.1) is 25.2 Å². The number of fused-ring (bicyclic) bond motifs is 2. The molecule has 0 unspecified atom stereocenters. The van der Waals surface area contributed by atoms with Crippen LogP contribution in [0.15, 0.2) is 24.3 Å². The highest BCUT2D eigenvalue weighted by molar-refractivity contribution is 5.81. The molecule has 2 aromatic heterocycles. The first kappa shape index (κ1) is 18.3. The zero-order valence-electron chi connectivity index (χ0n) is 16.8. The Hall–Kier alpha value is -2.74. The number of rotatable bonds is 4. The van der Waals surface area contributed by atoms with E-state index in [-0.39, 0.29) is 0 Å². The van der Waals surface area contributed by atoms with E-state index in [0.29, 0.717) is 19.2 Å². The van der Waals surface area contributed by atoms with Crippen molar-refractivity contribution in [1.29, 1.82) is 0 Å². The lowest BCUT2D eigenvalue weighted by atomic mass is 9.95. The molecule has 8 nitrogen and oxygen atoms in total. The van der Waals surface area contributed by atoms with Crippen molar-refractivity contribution in [3.63, 3.8) is 0 Å². The SMILES string of the molecule is COc1ccc2nc3c(cc2c1)CN(Cc1nnnn1C1CCCCC1)CCO3. The summed E-state index contributed by atoms with van der Waals surface area (Å²) in [5.74, 6) is 2.49. The molecule has 0 bridgehead atoms. The third kappa shape index (κ3) is 3.76. The second-order valence-electron chi connectivity index (χ2n) is 7.90. The van der Waals surface area contributed by atoms with Crippen LogP contribution in [0.2, 0.25) is 0 Å². The smallest absolute Gasteiger partial charge is 0.218 e. The molecule has 1 saturated carbocycles. The molecule has 3 heterocycles. The zero-order valence-corrected chi connectivity index (χ0v) is 16.8. The maximum atomic E-state index is 5.97. The van der Waals surface area contributed by atoms with Crippen LogP contribution in [-0.4, -0.2) is 50.4 Å². The summed E-state index contributed by atoms with van der Waals surface area (Å²) in [7, 11) is 1.68. The van der Waals surface area contributed by atoms with E-state index in [9.17, 15) is 0 Å². The van der Waals surface area contributed by atoms with Crippen LogP contribution in [0.5, 0.6) is 11.6 Å². The Morgan fingerprint density at radius 2 is 2.07 bits per heavy atom. The van der Waals surface area contributed by atoms with Crippen molar-refractivity contribution < 1.29 is 9.47 Å². The Labute approximate surface area is 169 Å². The normalized spacial score (nSPS) is 18.2. The fraction of sp³-hybridized carbons (Fsp3) is 0.524. The van der Waals surface area contributed by atoms with Crippen LogP contribution < -0.4 is 9.47 Å². The predicted molar refractivity (Wildman–Crippen MR) is 108 cm³/mol. The second-order valence-corrected chi connectivity index (χ2v) is 7.90. The van der Waals surface area contributed by atoms with Crippen LogP contribution >= 0.6 is 0 Å². The van der Waals surface area contributed by atoms with E-state index in [1.54, 1.807) is 7.11 Å². The topological polar surface area (TPSA) is 78.2 Å². The molecule has 0 amide bonds. The number of tetrazole rings is 1. The Morgan fingerprint density at radius 3 is 2.93 bits per heavy atom. The highest BCUT2D eigenvalue weighted by Crippen LogP contribution is 2.30. The van der Waals surface area contributed by atoms with Gasteiger partial charge in [0.15, 0.2) is 5.82 Å². The van der Waals surface area contributed by atoms with Crippen LogP contribution in [0.1, 0.15) is 49.5 Å². The highest BCUT2D eigenvalue weighted by Gasteiger charge is 2.23. The molecule has 3 aromatic rings. The molecule has 1 fully saturated rings. The van der Waals surface area contributed by atoms with Crippen LogP contribution in [-0.2, 0) is 13.1 Å². The molecule has 0 radical (unpaired) electrons. The molecular formula is C21H26N6O2. The van der Waals surface area contributed by atoms with Gasteiger partial charge in [-0.3, -0.25) is 4.90 Å². The van der Waals surface area contributed by atoms with Crippen molar-refractivity contribution in [3.05, 3.63) is 35.7 Å². The maximum absolute atomic E-state index is 5.97. The summed E-state index contributed by atoms with van der Waals surface area (Å²) in [5.41, 5.74) is 2.00. The van der Waals surface area contributed by atoms with Crippen molar-refractivity contribution in [2.75, 3.05) is 20.3 Å². The summed E-state index contributed by atoms with van der Waals surface area (Å²) in [5, 5.41) is 13.7. The predicted octanol–water partition coefficient (Wildman–Crippen LogP) is 3.13. The van der Waals surface area contributed by atoms with Crippen LogP contribution in [0.25, 0.3) is 10.9 Å². The van der Waals surface area contributed by atoms with Crippen molar-refractivity contribution in [2.45, 2.75) is 51.2 Å². The summed E-state index contributed by atoms with van der Waals surface area (Å²) in [4.78, 5) is 7.06. The quantitative estimate of drug-likeness (QED) is 0.673. The van der Waals surface area contributed by atoms with E-state index < -0.39 is 0 Å². The summed E-state index contributed by atoms with van der Waals surface area (Å²) in [6.45, 7) is 2.88. The summed E-state index contributed by atoms with van der Waals surface area (Å²) in [6, 6.07) is 8.50. The van der Waals surface area contributed by atoms with Gasteiger partial charge in [0, 0.05) is 24.0 Å². The number of hydrogen-bond acceptors (Lipinski definition) is 7. The first-order valence-electron chi connectivity index (χ1n) is 10.4. The Kier molecular flexibility index (Phi) is 5.01. The van der Waals surface area contributed by atoms with E-state index in [1.165, 1.54) is 32.1 Å². The average Bonchev–Trinajstić information content (AvgIpc) is 3.13. The van der Waals surface area contributed by atoms with Gasteiger partial charge in [0.25, 0.3) is 0 Å². The fourth-order valence-corrected chi connectivity index (χ4v) is 4.40. The first-order valence-corrected chi connectivity index (χ1v) is 10.4. The van der Waals surface area contributed by atoms with E-state index in [1.807, 2.05) is 18.2 Å². The number of methoxy groups -OCH3 is 1. The lowest BCUT2D eigenvalue weighted by Crippen LogP contribution is -2.28. The molecule has 5 rings (SSSR count). The molecule has 152 valence electrons. The van der Waals surface area contributed by atoms with Crippen LogP contribution in [0.4, 0.5) is 0 Å². The molecule has 29 heavy (non-hydrogen) atoms. The van der Waals surface area contributed by atoms with Gasteiger partial charge in [-0.2, -0.15) is 0 Å². The third-order valence-corrected chi connectivity index (χ3v) is 5.95. The Bertz CT molecular complexity index is 998. The summed E-state index contributed by atoms with van der Waals surface area (Å²) >= 11 is 0. The van der Waals surface area contributed by atoms with Gasteiger partial charge in [-0.05, 0) is 47.5 Å². The largest absolute Gasteiger partial charge is 0.497 e. The van der Waals surface area contributed by atoms with E-state index in [2.05, 4.69) is 31.2 Å². The number of hydrogen-bond donors (Lipinski definition) is 0. The van der Waals surface area contributed by atoms with Gasteiger partial charge < -0.3 is 9.47 Å². The minimum atomic E-state index is 0.433. The maximum Gasteiger partial charge on any atom is 0.218 e. The van der Waals surface area contributed by atoms with Crippen molar-refractivity contribution in [1.82, 2.24) is 30.1 Å². The zero-order chi connectivity index (χ0) is 19.6. The molecule has 2 aliphatic rings. The van der Waals surface area contributed by atoms with E-state index in [0.717, 1.165) is 47.0 Å². The molecular weight excluding hydrogens is 368 g/mol. The molecule has 0 N–H and O–H groups in total. The number of nitrogens with zero attached hydrogens (tertiary/aromatic N) is 6. The minimum absolute atomic E-state index is 0.433. The molecule has 1 aromatic carbocycles. The van der Waals surface area contributed by atoms with Gasteiger partial charge in [-0.1, -0.05) is 19.3 Å². The van der Waals surface area contributed by atoms with E-state index in [4.69, 9.17) is 14.5 Å². The fourth-order valence-electron chi connectivity index (χ4n) is 4.40. The van der Waals surface area contributed by atoms with Gasteiger partial charge >= 0.3 is 0 Å². The first-order chi connectivity index (χ1) is 14.3. The molecule has 0 atom stereocenters. The number of benzene rings is 1. The van der Waals surface area contributed by atoms with Gasteiger partial charge in [-0.25, -0.2) is 9.67 Å². The minimum Gasteiger partial charge on any atom is -0.497 e. The second kappa shape index (κ2) is 7.94. The monoisotopic (exact) mass is 394 g/mol. The average molecular weight is 394 g/mol.